The molecule has 0 saturated carbocycles. The van der Waals surface area contributed by atoms with Crippen LogP contribution in [0, 0.1) is 0 Å². The van der Waals surface area contributed by atoms with E-state index in [1.165, 1.54) is 0 Å². The van der Waals surface area contributed by atoms with E-state index in [1.54, 1.807) is 0 Å². The number of carbonyl (C=O) groups excluding carboxylic acids is 2. The minimum absolute atomic E-state index is 0. The maximum absolute atomic E-state index is 11.2. The van der Waals surface area contributed by atoms with Crippen LogP contribution in [0.5, 0.6) is 0 Å². The molecule has 0 amide bonds. The molecule has 0 aromatic heterocycles. The van der Waals surface area contributed by atoms with Crippen molar-refractivity contribution < 1.29 is 42.2 Å². The molecule has 1 unspecified atom stereocenters. The van der Waals surface area contributed by atoms with E-state index >= 15 is 0 Å². The van der Waals surface area contributed by atoms with Gasteiger partial charge in [0.1, 0.15) is 13.2 Å². The molecule has 0 bridgehead atoms. The molecule has 0 radical (unpaired) electrons. The Morgan fingerprint density at radius 3 is 1.95 bits per heavy atom. The molecular weight excluding hydrogens is 311 g/mol. The van der Waals surface area contributed by atoms with Crippen LogP contribution < -0.4 is 0 Å². The third kappa shape index (κ3) is 9.87. The average molecular weight is 326 g/mol. The molecule has 3 N–H and O–H groups in total. The van der Waals surface area contributed by atoms with Gasteiger partial charge in [-0.1, -0.05) is 0 Å². The zero-order valence-corrected chi connectivity index (χ0v) is 10.1. The molecule has 19 heavy (non-hydrogen) atoms. The van der Waals surface area contributed by atoms with Crippen molar-refractivity contribution >= 4 is 73.4 Å². The summed E-state index contributed by atoms with van der Waals surface area (Å²) in [5.74, 6) is -2.46. The third-order valence-electron chi connectivity index (χ3n) is 1.66. The van der Waals surface area contributed by atoms with Gasteiger partial charge in [0, 0.05) is 0 Å². The number of hydrogen-bond acceptors (Lipinski definition) is 8. The monoisotopic (exact) mass is 326 g/mol. The zero-order valence-electron chi connectivity index (χ0n) is 9.31. The number of aliphatic hydroxyl groups is 2. The van der Waals surface area contributed by atoms with Crippen molar-refractivity contribution in [2.24, 2.45) is 0 Å². The van der Waals surface area contributed by atoms with Crippen LogP contribution in [0.1, 0.15) is 6.42 Å². The van der Waals surface area contributed by atoms with Crippen molar-refractivity contribution in [3.8, 4) is 0 Å². The van der Waals surface area contributed by atoms with Gasteiger partial charge in [0.25, 0.3) is 10.1 Å². The topological polar surface area (TPSA) is 147 Å². The Labute approximate surface area is 152 Å². The van der Waals surface area contributed by atoms with E-state index < -0.39 is 53.5 Å². The maximum atomic E-state index is 11.2. The molecule has 0 heterocycles. The molecule has 0 aliphatic heterocycles. The number of aliphatic hydroxyl groups excluding tert-OH is 2. The Hall–Kier alpha value is 0.406. The Morgan fingerprint density at radius 2 is 1.53 bits per heavy atom. The van der Waals surface area contributed by atoms with Gasteiger partial charge < -0.3 is 19.7 Å². The summed E-state index contributed by atoms with van der Waals surface area (Å²) in [5, 5.41) is 14.6. The summed E-state index contributed by atoms with van der Waals surface area (Å²) < 4.78 is 39.2. The van der Waals surface area contributed by atoms with Gasteiger partial charge in [0.2, 0.25) is 0 Å². The van der Waals surface area contributed by atoms with Crippen LogP contribution in [-0.2, 0) is 29.2 Å². The van der Waals surface area contributed by atoms with Crippen molar-refractivity contribution in [1.82, 2.24) is 0 Å². The molecule has 0 fully saturated rings. The molecule has 9 nitrogen and oxygen atoms in total. The molecule has 0 spiro atoms. The summed E-state index contributed by atoms with van der Waals surface area (Å²) >= 11 is 0. The molecule has 0 saturated heterocycles. The number of esters is 2. The Bertz CT molecular complexity index is 380. The summed E-state index contributed by atoms with van der Waals surface area (Å²) in [4.78, 5) is 22.3. The molecule has 0 aromatic rings. The first-order valence-corrected chi connectivity index (χ1v) is 6.33. The van der Waals surface area contributed by atoms with Crippen LogP contribution in [0.25, 0.3) is 0 Å². The average Bonchev–Trinajstić information content (AvgIpc) is 2.28. The molecular formula is C8H15KO9S. The summed E-state index contributed by atoms with van der Waals surface area (Å²) in [5.41, 5.74) is 0. The van der Waals surface area contributed by atoms with Crippen LogP contribution in [0.15, 0.2) is 0 Å². The van der Waals surface area contributed by atoms with E-state index in [9.17, 15) is 18.0 Å². The van der Waals surface area contributed by atoms with Crippen molar-refractivity contribution in [1.29, 1.82) is 0 Å². The minimum atomic E-state index is -4.83. The van der Waals surface area contributed by atoms with Gasteiger partial charge >= 0.3 is 63.3 Å². The van der Waals surface area contributed by atoms with Crippen LogP contribution in [0.3, 0.4) is 0 Å². The summed E-state index contributed by atoms with van der Waals surface area (Å²) in [6.45, 7) is -1.81. The molecule has 0 aromatic carbocycles. The fourth-order valence-corrected chi connectivity index (χ4v) is 1.58. The SMILES string of the molecule is O=C(CC(C(=O)OCCO)S(=O)(=O)O)OCCO.[KH]. The van der Waals surface area contributed by atoms with E-state index in [0.29, 0.717) is 0 Å². The normalized spacial score (nSPS) is 12.2. The Morgan fingerprint density at radius 1 is 1.05 bits per heavy atom. The molecule has 0 aliphatic carbocycles. The van der Waals surface area contributed by atoms with Crippen molar-refractivity contribution in [3.63, 3.8) is 0 Å². The van der Waals surface area contributed by atoms with E-state index in [4.69, 9.17) is 14.8 Å². The van der Waals surface area contributed by atoms with Crippen LogP contribution in [-0.4, -0.2) is 118 Å². The fourth-order valence-electron chi connectivity index (χ4n) is 0.919. The van der Waals surface area contributed by atoms with E-state index in [2.05, 4.69) is 9.47 Å². The molecule has 1 atom stereocenters. The van der Waals surface area contributed by atoms with Gasteiger partial charge in [0.05, 0.1) is 19.6 Å². The van der Waals surface area contributed by atoms with Gasteiger partial charge in [-0.05, 0) is 0 Å². The molecule has 0 aliphatic rings. The predicted molar refractivity (Wildman–Crippen MR) is 63.2 cm³/mol. The predicted octanol–water partition coefficient (Wildman–Crippen LogP) is -2.94. The van der Waals surface area contributed by atoms with Crippen LogP contribution in [0.4, 0.5) is 0 Å². The standard InChI is InChI=1S/C8H14O9S.K.H/c9-1-3-16-7(11)5-6(18(13,14)15)8(12)17-4-2-10;;/h6,9-10H,1-5H2,(H,13,14,15);;. The van der Waals surface area contributed by atoms with Crippen molar-refractivity contribution in [3.05, 3.63) is 0 Å². The van der Waals surface area contributed by atoms with Gasteiger partial charge in [-0.25, -0.2) is 0 Å². The van der Waals surface area contributed by atoms with Crippen LogP contribution in [0.2, 0.25) is 0 Å². The quantitative estimate of drug-likeness (QED) is 0.242. The number of rotatable bonds is 8. The second-order valence-electron chi connectivity index (χ2n) is 3.04. The Kier molecular flexibility index (Phi) is 12.7. The summed E-state index contributed by atoms with van der Waals surface area (Å²) in [6, 6.07) is 0. The first-order chi connectivity index (χ1) is 8.32. The van der Waals surface area contributed by atoms with Gasteiger partial charge in [-0.3, -0.25) is 14.1 Å². The second-order valence-corrected chi connectivity index (χ2v) is 4.64. The fraction of sp³-hybridized carbons (Fsp3) is 0.750. The third-order valence-corrected chi connectivity index (χ3v) is 2.74. The summed E-state index contributed by atoms with van der Waals surface area (Å²) in [7, 11) is -4.83. The molecule has 108 valence electrons. The zero-order chi connectivity index (χ0) is 14.2. The molecule has 0 rings (SSSR count). The van der Waals surface area contributed by atoms with E-state index in [1.807, 2.05) is 0 Å². The van der Waals surface area contributed by atoms with E-state index in [0.717, 1.165) is 0 Å². The van der Waals surface area contributed by atoms with E-state index in [-0.39, 0.29) is 58.0 Å². The first kappa shape index (κ1) is 21.7. The second kappa shape index (κ2) is 11.1. The van der Waals surface area contributed by atoms with Gasteiger partial charge in [0.15, 0.2) is 5.25 Å². The summed E-state index contributed by atoms with van der Waals surface area (Å²) in [6.07, 6.45) is -0.941. The number of hydrogen-bond donors (Lipinski definition) is 3. The van der Waals surface area contributed by atoms with Crippen LogP contribution >= 0.6 is 0 Å². The number of ether oxygens (including phenoxy) is 2. The number of carbonyl (C=O) groups is 2. The first-order valence-electron chi connectivity index (χ1n) is 4.83. The Balaban J connectivity index is 0. The van der Waals surface area contributed by atoms with Crippen molar-refractivity contribution in [2.75, 3.05) is 26.4 Å². The molecule has 11 heteroatoms. The van der Waals surface area contributed by atoms with Gasteiger partial charge in [-0.15, -0.1) is 0 Å². The van der Waals surface area contributed by atoms with Gasteiger partial charge in [-0.2, -0.15) is 8.42 Å². The van der Waals surface area contributed by atoms with Crippen molar-refractivity contribution in [2.45, 2.75) is 11.7 Å².